The van der Waals surface area contributed by atoms with Crippen LogP contribution in [0, 0.1) is 0 Å². The van der Waals surface area contributed by atoms with Crippen LogP contribution >= 0.6 is 0 Å². The standard InChI is InChI=1S/C20H38O7/c1-2-3-4-5-6-7-8-9-10-11-18(24)27-17(14-22)20-19(25-13-12-21)16(23)15-26-20/h16-17,19-23H,2-15H2,1H3/t16-,17+,19+,20+/m0/s1. The van der Waals surface area contributed by atoms with Crippen molar-refractivity contribution < 1.29 is 34.3 Å². The van der Waals surface area contributed by atoms with Crippen LogP contribution in [0.4, 0.5) is 0 Å². The van der Waals surface area contributed by atoms with E-state index in [4.69, 9.17) is 19.3 Å². The molecule has 3 N–H and O–H groups in total. The minimum Gasteiger partial charge on any atom is -0.457 e. The van der Waals surface area contributed by atoms with Crippen LogP contribution in [0.25, 0.3) is 0 Å². The molecule has 0 amide bonds. The first-order valence-electron chi connectivity index (χ1n) is 10.5. The number of esters is 1. The van der Waals surface area contributed by atoms with Gasteiger partial charge in [0.15, 0.2) is 6.10 Å². The number of ether oxygens (including phenoxy) is 3. The van der Waals surface area contributed by atoms with E-state index in [1.165, 1.54) is 38.5 Å². The SMILES string of the molecule is CCCCCCCCCCCC(=O)O[C@H](CO)[C@H]1OC[C@H](O)[C@H]1OCCO. The van der Waals surface area contributed by atoms with Gasteiger partial charge in [0.05, 0.1) is 26.4 Å². The molecule has 1 fully saturated rings. The maximum Gasteiger partial charge on any atom is 0.306 e. The Balaban J connectivity index is 2.21. The molecule has 7 nitrogen and oxygen atoms in total. The lowest BCUT2D eigenvalue weighted by molar-refractivity contribution is -0.165. The Morgan fingerprint density at radius 2 is 1.70 bits per heavy atom. The van der Waals surface area contributed by atoms with Crippen LogP contribution in [0.15, 0.2) is 0 Å². The lowest BCUT2D eigenvalue weighted by Crippen LogP contribution is -2.44. The maximum atomic E-state index is 12.0. The van der Waals surface area contributed by atoms with Gasteiger partial charge < -0.3 is 29.5 Å². The Morgan fingerprint density at radius 1 is 1.07 bits per heavy atom. The van der Waals surface area contributed by atoms with E-state index in [1.54, 1.807) is 0 Å². The van der Waals surface area contributed by atoms with Crippen molar-refractivity contribution in [1.82, 2.24) is 0 Å². The highest BCUT2D eigenvalue weighted by atomic mass is 16.6. The van der Waals surface area contributed by atoms with Crippen LogP contribution in [-0.4, -0.2) is 72.1 Å². The Hall–Kier alpha value is -0.730. The van der Waals surface area contributed by atoms with Crippen LogP contribution < -0.4 is 0 Å². The van der Waals surface area contributed by atoms with Crippen LogP contribution in [-0.2, 0) is 19.0 Å². The zero-order chi connectivity index (χ0) is 19.9. The number of hydrogen-bond acceptors (Lipinski definition) is 7. The monoisotopic (exact) mass is 390 g/mol. The lowest BCUT2D eigenvalue weighted by Gasteiger charge is -2.27. The summed E-state index contributed by atoms with van der Waals surface area (Å²) in [6, 6.07) is 0. The highest BCUT2D eigenvalue weighted by Crippen LogP contribution is 2.23. The number of unbranched alkanes of at least 4 members (excludes halogenated alkanes) is 8. The number of hydrogen-bond donors (Lipinski definition) is 3. The first kappa shape index (κ1) is 24.3. The minimum absolute atomic E-state index is 0.0477. The van der Waals surface area contributed by atoms with Crippen molar-refractivity contribution in [2.24, 2.45) is 0 Å². The van der Waals surface area contributed by atoms with Gasteiger partial charge in [-0.25, -0.2) is 0 Å². The fourth-order valence-electron chi connectivity index (χ4n) is 3.35. The first-order valence-corrected chi connectivity index (χ1v) is 10.5. The molecule has 7 heteroatoms. The Kier molecular flexibility index (Phi) is 13.7. The van der Waals surface area contributed by atoms with E-state index >= 15 is 0 Å². The van der Waals surface area contributed by atoms with E-state index in [2.05, 4.69) is 6.92 Å². The normalized spacial score (nSPS) is 23.5. The van der Waals surface area contributed by atoms with E-state index < -0.39 is 31.0 Å². The van der Waals surface area contributed by atoms with E-state index in [0.717, 1.165) is 19.3 Å². The topological polar surface area (TPSA) is 105 Å². The largest absolute Gasteiger partial charge is 0.457 e. The third-order valence-electron chi connectivity index (χ3n) is 4.88. The smallest absolute Gasteiger partial charge is 0.306 e. The van der Waals surface area contributed by atoms with E-state index in [0.29, 0.717) is 6.42 Å². The molecule has 0 unspecified atom stereocenters. The second-order valence-corrected chi connectivity index (χ2v) is 7.21. The first-order chi connectivity index (χ1) is 13.1. The average Bonchev–Trinajstić information content (AvgIpc) is 3.03. The van der Waals surface area contributed by atoms with Crippen molar-refractivity contribution in [3.63, 3.8) is 0 Å². The summed E-state index contributed by atoms with van der Waals surface area (Å²) in [5, 5.41) is 28.3. The summed E-state index contributed by atoms with van der Waals surface area (Å²) in [6.45, 7) is 1.72. The molecule has 0 aliphatic carbocycles. The van der Waals surface area contributed by atoms with Crippen molar-refractivity contribution in [1.29, 1.82) is 0 Å². The predicted molar refractivity (Wildman–Crippen MR) is 101 cm³/mol. The summed E-state index contributed by atoms with van der Waals surface area (Å²) in [7, 11) is 0. The lowest BCUT2D eigenvalue weighted by atomic mass is 10.1. The van der Waals surface area contributed by atoms with Gasteiger partial charge in [0.25, 0.3) is 0 Å². The molecule has 1 heterocycles. The minimum atomic E-state index is -0.878. The molecular formula is C20H38O7. The van der Waals surface area contributed by atoms with Gasteiger partial charge >= 0.3 is 5.97 Å². The van der Waals surface area contributed by atoms with Gasteiger partial charge in [-0.05, 0) is 6.42 Å². The average molecular weight is 391 g/mol. The Bertz CT molecular complexity index is 377. The fourth-order valence-corrected chi connectivity index (χ4v) is 3.35. The molecule has 0 spiro atoms. The summed E-state index contributed by atoms with van der Waals surface area (Å²) in [6.07, 6.45) is 7.62. The van der Waals surface area contributed by atoms with Gasteiger partial charge in [0.2, 0.25) is 0 Å². The van der Waals surface area contributed by atoms with Crippen molar-refractivity contribution in [3.05, 3.63) is 0 Å². The molecule has 1 rings (SSSR count). The molecule has 1 aliphatic heterocycles. The van der Waals surface area contributed by atoms with Crippen LogP contribution in [0.3, 0.4) is 0 Å². The second-order valence-electron chi connectivity index (χ2n) is 7.21. The molecule has 0 aromatic carbocycles. The van der Waals surface area contributed by atoms with E-state index in [1.807, 2.05) is 0 Å². The van der Waals surface area contributed by atoms with Crippen molar-refractivity contribution >= 4 is 5.97 Å². The number of carbonyl (C=O) groups excluding carboxylic acids is 1. The molecule has 27 heavy (non-hydrogen) atoms. The number of carbonyl (C=O) groups is 1. The number of rotatable bonds is 16. The fraction of sp³-hybridized carbons (Fsp3) is 0.950. The van der Waals surface area contributed by atoms with Gasteiger partial charge in [-0.3, -0.25) is 4.79 Å². The molecule has 4 atom stereocenters. The predicted octanol–water partition coefficient (Wildman–Crippen LogP) is 1.95. The third-order valence-corrected chi connectivity index (χ3v) is 4.88. The molecule has 0 aromatic heterocycles. The van der Waals surface area contributed by atoms with Crippen molar-refractivity contribution in [2.45, 2.75) is 95.5 Å². The van der Waals surface area contributed by atoms with Crippen LogP contribution in [0.1, 0.15) is 71.1 Å². The van der Waals surface area contributed by atoms with Crippen LogP contribution in [0.2, 0.25) is 0 Å². The molecule has 1 saturated heterocycles. The third kappa shape index (κ3) is 9.85. The molecular weight excluding hydrogens is 352 g/mol. The van der Waals surface area contributed by atoms with Gasteiger partial charge in [0, 0.05) is 6.42 Å². The van der Waals surface area contributed by atoms with Gasteiger partial charge in [-0.15, -0.1) is 0 Å². The molecule has 0 saturated carbocycles. The molecule has 1 aliphatic rings. The zero-order valence-corrected chi connectivity index (χ0v) is 16.7. The van der Waals surface area contributed by atoms with Gasteiger partial charge in [0.1, 0.15) is 18.3 Å². The summed E-state index contributed by atoms with van der Waals surface area (Å²) >= 11 is 0. The summed E-state index contributed by atoms with van der Waals surface area (Å²) in [4.78, 5) is 12.0. The van der Waals surface area contributed by atoms with Crippen molar-refractivity contribution in [2.75, 3.05) is 26.4 Å². The number of aliphatic hydroxyl groups excluding tert-OH is 3. The molecule has 160 valence electrons. The second kappa shape index (κ2) is 15.2. The summed E-state index contributed by atoms with van der Waals surface area (Å²) < 4.78 is 16.2. The Labute approximate surface area is 163 Å². The molecule has 0 aromatic rings. The molecule has 0 bridgehead atoms. The zero-order valence-electron chi connectivity index (χ0n) is 16.7. The number of aliphatic hydroxyl groups is 3. The van der Waals surface area contributed by atoms with Crippen molar-refractivity contribution in [3.8, 4) is 0 Å². The van der Waals surface area contributed by atoms with Gasteiger partial charge in [-0.1, -0.05) is 58.3 Å². The van der Waals surface area contributed by atoms with E-state index in [-0.39, 0.29) is 25.8 Å². The highest BCUT2D eigenvalue weighted by Gasteiger charge is 2.43. The van der Waals surface area contributed by atoms with E-state index in [9.17, 15) is 15.0 Å². The summed E-state index contributed by atoms with van der Waals surface area (Å²) in [5.74, 6) is -0.372. The van der Waals surface area contributed by atoms with Gasteiger partial charge in [-0.2, -0.15) is 0 Å². The highest BCUT2D eigenvalue weighted by molar-refractivity contribution is 5.69. The quantitative estimate of drug-likeness (QED) is 0.273. The molecule has 0 radical (unpaired) electrons. The van der Waals surface area contributed by atoms with Crippen LogP contribution in [0.5, 0.6) is 0 Å². The summed E-state index contributed by atoms with van der Waals surface area (Å²) in [5.41, 5.74) is 0. The Morgan fingerprint density at radius 3 is 2.30 bits per heavy atom. The maximum absolute atomic E-state index is 12.0.